The highest BCUT2D eigenvalue weighted by Crippen LogP contribution is 2.41. The molecule has 0 aromatic heterocycles. The Morgan fingerprint density at radius 2 is 1.86 bits per heavy atom. The molecule has 1 aliphatic rings. The van der Waals surface area contributed by atoms with Crippen LogP contribution in [0.1, 0.15) is 52.9 Å². The SMILES string of the molecule is CC(C)(C)C1CCC(N)(CC#N)CC1. The third-order valence-corrected chi connectivity index (χ3v) is 3.64. The van der Waals surface area contributed by atoms with Gasteiger partial charge in [0, 0.05) is 5.54 Å². The van der Waals surface area contributed by atoms with Crippen LogP contribution in [0.2, 0.25) is 0 Å². The van der Waals surface area contributed by atoms with E-state index in [2.05, 4.69) is 26.8 Å². The molecule has 0 bridgehead atoms. The molecule has 0 aliphatic heterocycles. The zero-order valence-corrected chi connectivity index (χ0v) is 9.64. The van der Waals surface area contributed by atoms with Gasteiger partial charge in [-0.05, 0) is 37.0 Å². The van der Waals surface area contributed by atoms with Crippen molar-refractivity contribution in [1.29, 1.82) is 5.26 Å². The van der Waals surface area contributed by atoms with Crippen LogP contribution in [-0.4, -0.2) is 5.54 Å². The van der Waals surface area contributed by atoms with Crippen LogP contribution in [0.15, 0.2) is 0 Å². The second-order valence-electron chi connectivity index (χ2n) is 5.84. The predicted molar refractivity (Wildman–Crippen MR) is 58.6 cm³/mol. The molecule has 0 spiro atoms. The van der Waals surface area contributed by atoms with E-state index in [0.29, 0.717) is 11.8 Å². The summed E-state index contributed by atoms with van der Waals surface area (Å²) in [6.45, 7) is 6.89. The van der Waals surface area contributed by atoms with Crippen molar-refractivity contribution < 1.29 is 0 Å². The van der Waals surface area contributed by atoms with Crippen molar-refractivity contribution in [2.45, 2.75) is 58.4 Å². The Morgan fingerprint density at radius 3 is 2.21 bits per heavy atom. The first kappa shape index (κ1) is 11.5. The van der Waals surface area contributed by atoms with Crippen LogP contribution >= 0.6 is 0 Å². The van der Waals surface area contributed by atoms with Crippen LogP contribution in [-0.2, 0) is 0 Å². The normalized spacial score (nSPS) is 33.8. The number of hydrogen-bond acceptors (Lipinski definition) is 2. The maximum Gasteiger partial charge on any atom is 0.0641 e. The lowest BCUT2D eigenvalue weighted by atomic mass is 9.67. The van der Waals surface area contributed by atoms with Gasteiger partial charge in [0.15, 0.2) is 0 Å². The van der Waals surface area contributed by atoms with E-state index in [1.54, 1.807) is 0 Å². The van der Waals surface area contributed by atoms with Gasteiger partial charge in [-0.2, -0.15) is 5.26 Å². The first-order chi connectivity index (χ1) is 6.37. The molecule has 0 atom stereocenters. The van der Waals surface area contributed by atoms with E-state index >= 15 is 0 Å². The molecule has 0 aromatic carbocycles. The van der Waals surface area contributed by atoms with E-state index < -0.39 is 0 Å². The molecule has 0 unspecified atom stereocenters. The summed E-state index contributed by atoms with van der Waals surface area (Å²) in [5, 5.41) is 8.68. The summed E-state index contributed by atoms with van der Waals surface area (Å²) in [5.41, 5.74) is 6.37. The number of nitrogens with two attached hydrogens (primary N) is 1. The van der Waals surface area contributed by atoms with Crippen molar-refractivity contribution in [3.05, 3.63) is 0 Å². The molecule has 0 radical (unpaired) electrons. The Labute approximate surface area is 87.5 Å². The number of rotatable bonds is 1. The van der Waals surface area contributed by atoms with E-state index in [9.17, 15) is 0 Å². The second kappa shape index (κ2) is 3.90. The molecular weight excluding hydrogens is 172 g/mol. The van der Waals surface area contributed by atoms with Gasteiger partial charge in [-0.25, -0.2) is 0 Å². The Hall–Kier alpha value is -0.550. The molecule has 2 nitrogen and oxygen atoms in total. The lowest BCUT2D eigenvalue weighted by Crippen LogP contribution is -2.44. The molecule has 0 saturated heterocycles. The second-order valence-corrected chi connectivity index (χ2v) is 5.84. The summed E-state index contributed by atoms with van der Waals surface area (Å²) in [6, 6.07) is 2.21. The summed E-state index contributed by atoms with van der Waals surface area (Å²) in [6.07, 6.45) is 4.91. The third-order valence-electron chi connectivity index (χ3n) is 3.64. The smallest absolute Gasteiger partial charge is 0.0641 e. The minimum absolute atomic E-state index is 0.184. The molecule has 1 aliphatic carbocycles. The van der Waals surface area contributed by atoms with Crippen molar-refractivity contribution in [3.63, 3.8) is 0 Å². The minimum atomic E-state index is -0.184. The van der Waals surface area contributed by atoms with Crippen LogP contribution in [0.5, 0.6) is 0 Å². The molecule has 0 amide bonds. The van der Waals surface area contributed by atoms with Gasteiger partial charge in [0.05, 0.1) is 12.5 Å². The average molecular weight is 194 g/mol. The average Bonchev–Trinajstić information content (AvgIpc) is 2.03. The van der Waals surface area contributed by atoms with E-state index in [0.717, 1.165) is 18.8 Å². The van der Waals surface area contributed by atoms with E-state index in [1.165, 1.54) is 12.8 Å². The first-order valence-corrected chi connectivity index (χ1v) is 5.53. The number of nitrogens with zero attached hydrogens (tertiary/aromatic N) is 1. The molecular formula is C12H22N2. The van der Waals surface area contributed by atoms with Crippen molar-refractivity contribution in [1.82, 2.24) is 0 Å². The van der Waals surface area contributed by atoms with Gasteiger partial charge in [-0.15, -0.1) is 0 Å². The Morgan fingerprint density at radius 1 is 1.36 bits per heavy atom. The van der Waals surface area contributed by atoms with Gasteiger partial charge in [0.25, 0.3) is 0 Å². The zero-order valence-electron chi connectivity index (χ0n) is 9.64. The van der Waals surface area contributed by atoms with Crippen LogP contribution in [0.4, 0.5) is 0 Å². The number of nitriles is 1. The Kier molecular flexibility index (Phi) is 3.21. The quantitative estimate of drug-likeness (QED) is 0.697. The predicted octanol–water partition coefficient (Wildman–Crippen LogP) is 2.83. The van der Waals surface area contributed by atoms with E-state index in [-0.39, 0.29) is 5.54 Å². The molecule has 1 rings (SSSR count). The lowest BCUT2D eigenvalue weighted by molar-refractivity contribution is 0.136. The highest BCUT2D eigenvalue weighted by atomic mass is 14.7. The summed E-state index contributed by atoms with van der Waals surface area (Å²) in [4.78, 5) is 0. The molecule has 0 heterocycles. The van der Waals surface area contributed by atoms with Gasteiger partial charge in [0.2, 0.25) is 0 Å². The van der Waals surface area contributed by atoms with Gasteiger partial charge in [0.1, 0.15) is 0 Å². The molecule has 1 fully saturated rings. The Balaban J connectivity index is 2.51. The van der Waals surface area contributed by atoms with Gasteiger partial charge in [-0.3, -0.25) is 0 Å². The fraction of sp³-hybridized carbons (Fsp3) is 0.917. The highest BCUT2D eigenvalue weighted by Gasteiger charge is 2.35. The molecule has 80 valence electrons. The Bertz CT molecular complexity index is 224. The topological polar surface area (TPSA) is 49.8 Å². The molecule has 0 aromatic rings. The first-order valence-electron chi connectivity index (χ1n) is 5.53. The summed E-state index contributed by atoms with van der Waals surface area (Å²) in [7, 11) is 0. The van der Waals surface area contributed by atoms with Crippen LogP contribution < -0.4 is 5.73 Å². The fourth-order valence-electron chi connectivity index (χ4n) is 2.39. The zero-order chi connectivity index (χ0) is 10.8. The summed E-state index contributed by atoms with van der Waals surface area (Å²) >= 11 is 0. The van der Waals surface area contributed by atoms with E-state index in [1.807, 2.05) is 0 Å². The van der Waals surface area contributed by atoms with Crippen LogP contribution in [0.25, 0.3) is 0 Å². The molecule has 14 heavy (non-hydrogen) atoms. The lowest BCUT2D eigenvalue weighted by Gasteiger charge is -2.41. The minimum Gasteiger partial charge on any atom is -0.324 e. The van der Waals surface area contributed by atoms with Gasteiger partial charge >= 0.3 is 0 Å². The van der Waals surface area contributed by atoms with Crippen molar-refractivity contribution >= 4 is 0 Å². The monoisotopic (exact) mass is 194 g/mol. The van der Waals surface area contributed by atoms with E-state index in [4.69, 9.17) is 11.0 Å². The molecule has 2 heteroatoms. The van der Waals surface area contributed by atoms with Crippen molar-refractivity contribution in [2.24, 2.45) is 17.1 Å². The standard InChI is InChI=1S/C12H22N2/c1-11(2,3)10-4-6-12(14,7-5-10)8-9-13/h10H,4-8,14H2,1-3H3. The third kappa shape index (κ3) is 2.72. The van der Waals surface area contributed by atoms with Crippen molar-refractivity contribution in [3.8, 4) is 6.07 Å². The maximum absolute atomic E-state index is 8.68. The number of hydrogen-bond donors (Lipinski definition) is 1. The van der Waals surface area contributed by atoms with Gasteiger partial charge in [-0.1, -0.05) is 20.8 Å². The largest absolute Gasteiger partial charge is 0.324 e. The molecule has 2 N–H and O–H groups in total. The summed E-state index contributed by atoms with van der Waals surface area (Å²) < 4.78 is 0. The molecule has 1 saturated carbocycles. The maximum atomic E-state index is 8.68. The fourth-order valence-corrected chi connectivity index (χ4v) is 2.39. The van der Waals surface area contributed by atoms with Gasteiger partial charge < -0.3 is 5.73 Å². The van der Waals surface area contributed by atoms with Crippen LogP contribution in [0.3, 0.4) is 0 Å². The van der Waals surface area contributed by atoms with Crippen molar-refractivity contribution in [2.75, 3.05) is 0 Å². The highest BCUT2D eigenvalue weighted by molar-refractivity contribution is 4.97. The van der Waals surface area contributed by atoms with Crippen LogP contribution in [0, 0.1) is 22.7 Å². The summed E-state index contributed by atoms with van der Waals surface area (Å²) in [5.74, 6) is 0.776.